The summed E-state index contributed by atoms with van der Waals surface area (Å²) in [5.41, 5.74) is 1.55. The van der Waals surface area contributed by atoms with Crippen LogP contribution in [0.5, 0.6) is 0 Å². The number of carbonyl (C=O) groups is 1. The first-order valence-electron chi connectivity index (χ1n) is 7.15. The molecular formula is C16H17N3O2. The van der Waals surface area contributed by atoms with Crippen molar-refractivity contribution in [2.45, 2.75) is 19.3 Å². The zero-order chi connectivity index (χ0) is 14.7. The number of rotatable bonds is 3. The molecular weight excluding hydrogens is 266 g/mol. The summed E-state index contributed by atoms with van der Waals surface area (Å²) in [4.78, 5) is 21.9. The van der Waals surface area contributed by atoms with Crippen molar-refractivity contribution in [1.82, 2.24) is 9.97 Å². The fourth-order valence-corrected chi connectivity index (χ4v) is 2.69. The monoisotopic (exact) mass is 283 g/mol. The molecule has 2 aromatic heterocycles. The van der Waals surface area contributed by atoms with Crippen LogP contribution in [0.1, 0.15) is 29.8 Å². The molecule has 0 unspecified atom stereocenters. The van der Waals surface area contributed by atoms with Gasteiger partial charge in [0.1, 0.15) is 5.82 Å². The summed E-state index contributed by atoms with van der Waals surface area (Å²) in [7, 11) is 0. The summed E-state index contributed by atoms with van der Waals surface area (Å²) in [6.07, 6.45) is 6.86. The van der Waals surface area contributed by atoms with Crippen molar-refractivity contribution in [2.75, 3.05) is 18.0 Å². The third kappa shape index (κ3) is 2.86. The molecule has 0 aliphatic carbocycles. The molecule has 0 saturated carbocycles. The van der Waals surface area contributed by atoms with Crippen molar-refractivity contribution in [1.29, 1.82) is 0 Å². The van der Waals surface area contributed by atoms with Crippen molar-refractivity contribution < 1.29 is 9.90 Å². The van der Waals surface area contributed by atoms with Gasteiger partial charge in [-0.1, -0.05) is 6.07 Å². The van der Waals surface area contributed by atoms with Crippen molar-refractivity contribution in [3.8, 4) is 11.1 Å². The molecule has 5 nitrogen and oxygen atoms in total. The molecule has 1 aliphatic heterocycles. The molecule has 1 saturated heterocycles. The Morgan fingerprint density at radius 3 is 2.67 bits per heavy atom. The number of hydrogen-bond acceptors (Lipinski definition) is 4. The lowest BCUT2D eigenvalue weighted by molar-refractivity contribution is 0.0691. The number of aromatic nitrogens is 2. The molecule has 3 rings (SSSR count). The first-order valence-corrected chi connectivity index (χ1v) is 7.15. The van der Waals surface area contributed by atoms with Crippen LogP contribution in [-0.2, 0) is 0 Å². The molecule has 0 radical (unpaired) electrons. The highest BCUT2D eigenvalue weighted by Crippen LogP contribution is 2.26. The maximum Gasteiger partial charge on any atom is 0.355 e. The van der Waals surface area contributed by atoms with E-state index in [1.165, 1.54) is 25.5 Å². The quantitative estimate of drug-likeness (QED) is 0.938. The summed E-state index contributed by atoms with van der Waals surface area (Å²) in [5, 5.41) is 9.26. The molecule has 0 amide bonds. The minimum Gasteiger partial charge on any atom is -0.476 e. The van der Waals surface area contributed by atoms with Gasteiger partial charge in [-0.25, -0.2) is 14.8 Å². The second-order valence-corrected chi connectivity index (χ2v) is 5.16. The molecule has 2 aromatic rings. The Bertz CT molecular complexity index is 651. The number of anilines is 1. The van der Waals surface area contributed by atoms with Crippen LogP contribution in [0.2, 0.25) is 0 Å². The van der Waals surface area contributed by atoms with Gasteiger partial charge in [0.2, 0.25) is 0 Å². The van der Waals surface area contributed by atoms with Crippen molar-refractivity contribution >= 4 is 11.8 Å². The van der Waals surface area contributed by atoms with Gasteiger partial charge in [-0.05, 0) is 43.0 Å². The fraction of sp³-hybridized carbons (Fsp3) is 0.312. The number of carboxylic acids is 1. The summed E-state index contributed by atoms with van der Waals surface area (Å²) >= 11 is 0. The van der Waals surface area contributed by atoms with Gasteiger partial charge in [-0.15, -0.1) is 0 Å². The third-order valence-electron chi connectivity index (χ3n) is 3.75. The molecule has 0 atom stereocenters. The summed E-state index contributed by atoms with van der Waals surface area (Å²) in [5.74, 6) is -0.102. The smallest absolute Gasteiger partial charge is 0.355 e. The van der Waals surface area contributed by atoms with Crippen LogP contribution in [0.25, 0.3) is 11.1 Å². The van der Waals surface area contributed by atoms with Crippen LogP contribution >= 0.6 is 0 Å². The lowest BCUT2D eigenvalue weighted by Crippen LogP contribution is -2.30. The van der Waals surface area contributed by atoms with Gasteiger partial charge in [-0.3, -0.25) is 0 Å². The SMILES string of the molecule is O=C(O)c1ncccc1-c1ccnc(N2CCCCC2)c1. The Labute approximate surface area is 123 Å². The van der Waals surface area contributed by atoms with E-state index in [-0.39, 0.29) is 5.69 Å². The maximum atomic E-state index is 11.3. The number of aromatic carboxylic acids is 1. The van der Waals surface area contributed by atoms with Crippen LogP contribution in [0.15, 0.2) is 36.7 Å². The van der Waals surface area contributed by atoms with Crippen LogP contribution in [-0.4, -0.2) is 34.1 Å². The fourth-order valence-electron chi connectivity index (χ4n) is 2.69. The van der Waals surface area contributed by atoms with E-state index < -0.39 is 5.97 Å². The van der Waals surface area contributed by atoms with E-state index in [0.717, 1.165) is 24.5 Å². The maximum absolute atomic E-state index is 11.3. The molecule has 3 heterocycles. The molecule has 1 aliphatic rings. The lowest BCUT2D eigenvalue weighted by Gasteiger charge is -2.28. The second kappa shape index (κ2) is 5.91. The van der Waals surface area contributed by atoms with Gasteiger partial charge >= 0.3 is 5.97 Å². The number of hydrogen-bond donors (Lipinski definition) is 1. The van der Waals surface area contributed by atoms with E-state index >= 15 is 0 Å². The normalized spacial score (nSPS) is 15.0. The molecule has 21 heavy (non-hydrogen) atoms. The van der Waals surface area contributed by atoms with Crippen molar-refractivity contribution in [3.05, 3.63) is 42.4 Å². The van der Waals surface area contributed by atoms with Crippen LogP contribution in [0, 0.1) is 0 Å². The van der Waals surface area contributed by atoms with E-state index in [1.807, 2.05) is 12.1 Å². The predicted octanol–water partition coefficient (Wildman–Crippen LogP) is 2.83. The Kier molecular flexibility index (Phi) is 3.81. The number of nitrogens with zero attached hydrogens (tertiary/aromatic N) is 3. The minimum atomic E-state index is -1.01. The minimum absolute atomic E-state index is 0.0771. The Hall–Kier alpha value is -2.43. The molecule has 108 valence electrons. The van der Waals surface area contributed by atoms with E-state index in [2.05, 4.69) is 14.9 Å². The first kappa shape index (κ1) is 13.5. The number of piperidine rings is 1. The van der Waals surface area contributed by atoms with E-state index in [4.69, 9.17) is 0 Å². The van der Waals surface area contributed by atoms with Gasteiger partial charge in [0, 0.05) is 31.0 Å². The summed E-state index contributed by atoms with van der Waals surface area (Å²) in [6.45, 7) is 2.02. The van der Waals surface area contributed by atoms with Gasteiger partial charge in [0.25, 0.3) is 0 Å². The number of pyridine rings is 2. The lowest BCUT2D eigenvalue weighted by atomic mass is 10.0. The molecule has 0 aromatic carbocycles. The Balaban J connectivity index is 1.98. The van der Waals surface area contributed by atoms with Crippen LogP contribution < -0.4 is 4.90 Å². The molecule has 0 bridgehead atoms. The zero-order valence-corrected chi connectivity index (χ0v) is 11.7. The average molecular weight is 283 g/mol. The molecule has 1 N–H and O–H groups in total. The third-order valence-corrected chi connectivity index (χ3v) is 3.75. The highest BCUT2D eigenvalue weighted by Gasteiger charge is 2.16. The van der Waals surface area contributed by atoms with E-state index in [0.29, 0.717) is 5.56 Å². The van der Waals surface area contributed by atoms with Crippen LogP contribution in [0.4, 0.5) is 5.82 Å². The summed E-state index contributed by atoms with van der Waals surface area (Å²) < 4.78 is 0. The summed E-state index contributed by atoms with van der Waals surface area (Å²) in [6, 6.07) is 7.32. The largest absolute Gasteiger partial charge is 0.476 e. The second-order valence-electron chi connectivity index (χ2n) is 5.16. The zero-order valence-electron chi connectivity index (χ0n) is 11.7. The van der Waals surface area contributed by atoms with Crippen molar-refractivity contribution in [2.24, 2.45) is 0 Å². The van der Waals surface area contributed by atoms with Gasteiger partial charge < -0.3 is 10.0 Å². The predicted molar refractivity (Wildman–Crippen MR) is 80.5 cm³/mol. The van der Waals surface area contributed by atoms with Gasteiger partial charge in [0.15, 0.2) is 5.69 Å². The standard InChI is InChI=1S/C16H17N3O2/c20-16(21)15-13(5-4-7-18-15)12-6-8-17-14(11-12)19-9-2-1-3-10-19/h4-8,11H,1-3,9-10H2,(H,20,21). The highest BCUT2D eigenvalue weighted by atomic mass is 16.4. The van der Waals surface area contributed by atoms with E-state index in [9.17, 15) is 9.90 Å². The number of carboxylic acid groups (broad SMARTS) is 1. The molecule has 1 fully saturated rings. The highest BCUT2D eigenvalue weighted by molar-refractivity contribution is 5.94. The molecule has 5 heteroatoms. The van der Waals surface area contributed by atoms with Gasteiger partial charge in [0.05, 0.1) is 0 Å². The Morgan fingerprint density at radius 1 is 1.10 bits per heavy atom. The van der Waals surface area contributed by atoms with Gasteiger partial charge in [-0.2, -0.15) is 0 Å². The molecule has 0 spiro atoms. The van der Waals surface area contributed by atoms with Crippen LogP contribution in [0.3, 0.4) is 0 Å². The van der Waals surface area contributed by atoms with E-state index in [1.54, 1.807) is 18.3 Å². The average Bonchev–Trinajstić information content (AvgIpc) is 2.56. The topological polar surface area (TPSA) is 66.3 Å². The Morgan fingerprint density at radius 2 is 1.90 bits per heavy atom. The first-order chi connectivity index (χ1) is 10.3. The van der Waals surface area contributed by atoms with Crippen molar-refractivity contribution in [3.63, 3.8) is 0 Å².